The van der Waals surface area contributed by atoms with E-state index in [1.165, 1.54) is 0 Å². The van der Waals surface area contributed by atoms with E-state index >= 15 is 0 Å². The van der Waals surface area contributed by atoms with E-state index in [2.05, 4.69) is 4.57 Å². The third kappa shape index (κ3) is 3.50. The molecule has 0 unspecified atom stereocenters. The fourth-order valence-corrected chi connectivity index (χ4v) is 4.10. The van der Waals surface area contributed by atoms with Crippen molar-refractivity contribution in [1.29, 1.82) is 0 Å². The Kier molecular flexibility index (Phi) is 5.39. The molecule has 0 aliphatic heterocycles. The normalized spacial score (nSPS) is 11.2. The largest absolute Gasteiger partial charge is 0.497 e. The Morgan fingerprint density at radius 1 is 1.10 bits per heavy atom. The van der Waals surface area contributed by atoms with Crippen LogP contribution < -0.4 is 4.74 Å². The summed E-state index contributed by atoms with van der Waals surface area (Å²) >= 11 is 6.17. The first kappa shape index (κ1) is 20.2. The molecule has 2 aromatic heterocycles. The average Bonchev–Trinajstić information content (AvgIpc) is 2.99. The molecule has 0 bridgehead atoms. The highest BCUT2D eigenvalue weighted by Gasteiger charge is 2.20. The third-order valence-electron chi connectivity index (χ3n) is 5.36. The van der Waals surface area contributed by atoms with E-state index in [9.17, 15) is 4.79 Å². The van der Waals surface area contributed by atoms with Gasteiger partial charge in [0.2, 0.25) is 0 Å². The zero-order chi connectivity index (χ0) is 21.4. The lowest BCUT2D eigenvalue weighted by molar-refractivity contribution is -0.142. The lowest BCUT2D eigenvalue weighted by Crippen LogP contribution is -2.09. The Bertz CT molecular complexity index is 1280. The van der Waals surface area contributed by atoms with Gasteiger partial charge in [0.15, 0.2) is 0 Å². The summed E-state index contributed by atoms with van der Waals surface area (Å²) in [6.45, 7) is 6.22. The van der Waals surface area contributed by atoms with Crippen molar-refractivity contribution in [3.8, 4) is 11.6 Å². The van der Waals surface area contributed by atoms with Crippen LogP contribution in [0.25, 0.3) is 27.6 Å². The van der Waals surface area contributed by atoms with Crippen LogP contribution in [0.15, 0.2) is 42.5 Å². The molecular weight excluding hydrogens is 400 g/mol. The molecule has 2 aromatic carbocycles. The van der Waals surface area contributed by atoms with Crippen LogP contribution in [0.1, 0.15) is 23.7 Å². The Balaban J connectivity index is 1.97. The number of halogens is 1. The number of carbonyl (C=O) groups excluding carboxylic acids is 1. The second-order valence-corrected chi connectivity index (χ2v) is 7.66. The number of rotatable bonds is 5. The van der Waals surface area contributed by atoms with E-state index < -0.39 is 0 Å². The minimum atomic E-state index is -0.250. The van der Waals surface area contributed by atoms with Gasteiger partial charge >= 0.3 is 5.97 Å². The van der Waals surface area contributed by atoms with Crippen molar-refractivity contribution in [1.82, 2.24) is 9.55 Å². The molecule has 0 radical (unpaired) electrons. The second kappa shape index (κ2) is 8.00. The van der Waals surface area contributed by atoms with Gasteiger partial charge in [0, 0.05) is 21.5 Å². The van der Waals surface area contributed by atoms with Crippen LogP contribution in [0.2, 0.25) is 5.02 Å². The predicted octanol–water partition coefficient (Wildman–Crippen LogP) is 5.56. The summed E-state index contributed by atoms with van der Waals surface area (Å²) in [5, 5.41) is 2.66. The molecular formula is C24H23ClN2O3. The van der Waals surface area contributed by atoms with E-state index in [4.69, 9.17) is 26.1 Å². The van der Waals surface area contributed by atoms with Gasteiger partial charge in [-0.2, -0.15) is 0 Å². The number of methoxy groups -OCH3 is 1. The summed E-state index contributed by atoms with van der Waals surface area (Å²) < 4.78 is 12.7. The van der Waals surface area contributed by atoms with Gasteiger partial charge in [-0.15, -0.1) is 0 Å². The minimum absolute atomic E-state index is 0.193. The molecule has 0 atom stereocenters. The van der Waals surface area contributed by atoms with Crippen molar-refractivity contribution in [3.63, 3.8) is 0 Å². The number of carbonyl (C=O) groups is 1. The van der Waals surface area contributed by atoms with E-state index in [1.54, 1.807) is 7.11 Å². The van der Waals surface area contributed by atoms with Crippen molar-refractivity contribution in [2.45, 2.75) is 27.2 Å². The zero-order valence-corrected chi connectivity index (χ0v) is 18.2. The number of nitrogens with zero attached hydrogens (tertiary/aromatic N) is 2. The molecule has 154 valence electrons. The molecule has 0 amide bonds. The maximum atomic E-state index is 12.3. The molecule has 0 N–H and O–H groups in total. The molecule has 4 rings (SSSR count). The van der Waals surface area contributed by atoms with Gasteiger partial charge in [0.1, 0.15) is 11.6 Å². The lowest BCUT2D eigenvalue weighted by Gasteiger charge is -2.12. The number of ether oxygens (including phenoxy) is 2. The van der Waals surface area contributed by atoms with Crippen molar-refractivity contribution < 1.29 is 14.3 Å². The number of aryl methyl sites for hydroxylation is 1. The van der Waals surface area contributed by atoms with Gasteiger partial charge in [-0.3, -0.25) is 9.36 Å². The molecule has 5 nitrogen and oxygen atoms in total. The van der Waals surface area contributed by atoms with Gasteiger partial charge in [0.05, 0.1) is 31.2 Å². The molecule has 0 aliphatic rings. The number of aromatic nitrogens is 2. The van der Waals surface area contributed by atoms with Crippen LogP contribution in [0, 0.1) is 13.8 Å². The van der Waals surface area contributed by atoms with Gasteiger partial charge in [-0.1, -0.05) is 11.6 Å². The number of hydrogen-bond acceptors (Lipinski definition) is 4. The summed E-state index contributed by atoms with van der Waals surface area (Å²) in [4.78, 5) is 17.2. The zero-order valence-electron chi connectivity index (χ0n) is 17.5. The summed E-state index contributed by atoms with van der Waals surface area (Å²) in [7, 11) is 1.63. The summed E-state index contributed by atoms with van der Waals surface area (Å²) in [6, 6.07) is 13.6. The lowest BCUT2D eigenvalue weighted by atomic mass is 10.1. The topological polar surface area (TPSA) is 53.4 Å². The standard InChI is InChI=1S/C24H23ClN2O3/c1-5-30-24(28)13-19-15(3)27(22-9-7-17(29-4)12-20(19)22)23-10-14(2)18-11-16(25)6-8-21(18)26-23/h6-12H,5,13H2,1-4H3. The molecule has 30 heavy (non-hydrogen) atoms. The summed E-state index contributed by atoms with van der Waals surface area (Å²) in [6.07, 6.45) is 0.193. The van der Waals surface area contributed by atoms with Crippen molar-refractivity contribution in [2.75, 3.05) is 13.7 Å². The van der Waals surface area contributed by atoms with Crippen LogP contribution in [0.5, 0.6) is 5.75 Å². The van der Waals surface area contributed by atoms with Gasteiger partial charge in [-0.25, -0.2) is 4.98 Å². The molecule has 0 spiro atoms. The minimum Gasteiger partial charge on any atom is -0.497 e. The predicted molar refractivity (Wildman–Crippen MR) is 120 cm³/mol. The SMILES string of the molecule is CCOC(=O)Cc1c(C)n(-c2cc(C)c3cc(Cl)ccc3n2)c2ccc(OC)cc12. The van der Waals surface area contributed by atoms with E-state index in [0.29, 0.717) is 11.6 Å². The number of pyridine rings is 1. The number of fused-ring (bicyclic) bond motifs is 2. The maximum absolute atomic E-state index is 12.3. The highest BCUT2D eigenvalue weighted by atomic mass is 35.5. The number of esters is 1. The Hall–Kier alpha value is -3.05. The first-order valence-corrected chi connectivity index (χ1v) is 10.2. The van der Waals surface area contributed by atoms with Crippen LogP contribution in [0.4, 0.5) is 0 Å². The van der Waals surface area contributed by atoms with Gasteiger partial charge in [0.25, 0.3) is 0 Å². The smallest absolute Gasteiger partial charge is 0.310 e. The Morgan fingerprint density at radius 2 is 1.90 bits per heavy atom. The molecule has 0 saturated heterocycles. The summed E-state index contributed by atoms with van der Waals surface area (Å²) in [5.41, 5.74) is 4.78. The average molecular weight is 423 g/mol. The highest BCUT2D eigenvalue weighted by molar-refractivity contribution is 6.31. The van der Waals surface area contributed by atoms with Crippen molar-refractivity contribution in [3.05, 3.63) is 64.3 Å². The molecule has 0 aliphatic carbocycles. The van der Waals surface area contributed by atoms with Crippen molar-refractivity contribution >= 4 is 39.4 Å². The molecule has 2 heterocycles. The van der Waals surface area contributed by atoms with Crippen LogP contribution in [-0.2, 0) is 16.0 Å². The Morgan fingerprint density at radius 3 is 2.63 bits per heavy atom. The first-order valence-electron chi connectivity index (χ1n) is 9.83. The molecule has 4 aromatic rings. The first-order chi connectivity index (χ1) is 14.4. The fourth-order valence-electron chi connectivity index (χ4n) is 3.93. The number of benzene rings is 2. The van der Waals surface area contributed by atoms with E-state index in [0.717, 1.165) is 50.2 Å². The summed E-state index contributed by atoms with van der Waals surface area (Å²) in [5.74, 6) is 1.28. The fraction of sp³-hybridized carbons (Fsp3) is 0.250. The Labute approximate surface area is 180 Å². The molecule has 6 heteroatoms. The maximum Gasteiger partial charge on any atom is 0.310 e. The third-order valence-corrected chi connectivity index (χ3v) is 5.60. The van der Waals surface area contributed by atoms with Crippen LogP contribution in [0.3, 0.4) is 0 Å². The van der Waals surface area contributed by atoms with Crippen LogP contribution in [-0.4, -0.2) is 29.2 Å². The monoisotopic (exact) mass is 422 g/mol. The quantitative estimate of drug-likeness (QED) is 0.395. The van der Waals surface area contributed by atoms with Crippen molar-refractivity contribution in [2.24, 2.45) is 0 Å². The second-order valence-electron chi connectivity index (χ2n) is 7.22. The highest BCUT2D eigenvalue weighted by Crippen LogP contribution is 2.33. The molecule has 0 saturated carbocycles. The number of hydrogen-bond donors (Lipinski definition) is 0. The van der Waals surface area contributed by atoms with E-state index in [1.807, 2.05) is 63.2 Å². The van der Waals surface area contributed by atoms with Gasteiger partial charge < -0.3 is 9.47 Å². The van der Waals surface area contributed by atoms with Gasteiger partial charge in [-0.05, 0) is 74.4 Å². The van der Waals surface area contributed by atoms with E-state index in [-0.39, 0.29) is 12.4 Å². The molecule has 0 fully saturated rings. The van der Waals surface area contributed by atoms with Crippen LogP contribution >= 0.6 is 11.6 Å².